The molecule has 0 saturated heterocycles. The van der Waals surface area contributed by atoms with Gasteiger partial charge in [-0.15, -0.1) is 0 Å². The summed E-state index contributed by atoms with van der Waals surface area (Å²) < 4.78 is 53.4. The van der Waals surface area contributed by atoms with Crippen LogP contribution < -0.4 is 0 Å². The van der Waals surface area contributed by atoms with Crippen LogP contribution in [0.2, 0.25) is 0 Å². The van der Waals surface area contributed by atoms with E-state index in [2.05, 4.69) is 4.98 Å². The lowest BCUT2D eigenvalue weighted by Crippen LogP contribution is -2.15. The summed E-state index contributed by atoms with van der Waals surface area (Å²) in [6.45, 7) is 2.40. The Hall–Kier alpha value is -2.18. The van der Waals surface area contributed by atoms with E-state index in [0.717, 1.165) is 12.1 Å². The number of rotatable bonds is 4. The third-order valence-corrected chi connectivity index (χ3v) is 3.07. The quantitative estimate of drug-likeness (QED) is 0.640. The minimum Gasteiger partial charge on any atom is -0.335 e. The summed E-state index contributed by atoms with van der Waals surface area (Å²) in [5.41, 5.74) is -2.01. The Balaban J connectivity index is 2.32. The van der Waals surface area contributed by atoms with Crippen LogP contribution in [0.5, 0.6) is 0 Å². The highest BCUT2D eigenvalue weighted by atomic mass is 19.4. The predicted molar refractivity (Wildman–Crippen MR) is 67.3 cm³/mol. The number of nitrogens with zero attached hydrogens (tertiary/aromatic N) is 2. The molecule has 7 heteroatoms. The van der Waals surface area contributed by atoms with Gasteiger partial charge in [-0.05, 0) is 19.1 Å². The predicted octanol–water partition coefficient (Wildman–Crippen LogP) is 3.49. The van der Waals surface area contributed by atoms with E-state index in [4.69, 9.17) is 0 Å². The van der Waals surface area contributed by atoms with Gasteiger partial charge in [-0.1, -0.05) is 6.07 Å². The topological polar surface area (TPSA) is 34.9 Å². The number of imidazole rings is 1. The third kappa shape index (κ3) is 3.12. The van der Waals surface area contributed by atoms with Crippen LogP contribution in [0.3, 0.4) is 0 Å². The molecule has 0 fully saturated rings. The molecule has 1 heterocycles. The first-order valence-corrected chi connectivity index (χ1v) is 6.23. The minimum absolute atomic E-state index is 0.251. The van der Waals surface area contributed by atoms with Crippen molar-refractivity contribution in [1.82, 2.24) is 9.55 Å². The number of hydrogen-bond donors (Lipinski definition) is 0. The van der Waals surface area contributed by atoms with Crippen molar-refractivity contribution >= 4 is 5.78 Å². The van der Waals surface area contributed by atoms with Crippen LogP contribution >= 0.6 is 0 Å². The lowest BCUT2D eigenvalue weighted by Gasteiger charge is -2.10. The minimum atomic E-state index is -4.83. The summed E-state index contributed by atoms with van der Waals surface area (Å²) in [5, 5.41) is 0. The molecule has 0 atom stereocenters. The molecule has 0 spiro atoms. The highest BCUT2D eigenvalue weighted by Gasteiger charge is 2.35. The molecule has 2 rings (SSSR count). The molecule has 112 valence electrons. The highest BCUT2D eigenvalue weighted by molar-refractivity contribution is 5.97. The van der Waals surface area contributed by atoms with Crippen molar-refractivity contribution < 1.29 is 22.4 Å². The fourth-order valence-electron chi connectivity index (χ4n) is 2.00. The van der Waals surface area contributed by atoms with Crippen molar-refractivity contribution in [3.63, 3.8) is 0 Å². The summed E-state index contributed by atoms with van der Waals surface area (Å²) in [6, 6.07) is 2.68. The van der Waals surface area contributed by atoms with E-state index in [-0.39, 0.29) is 6.42 Å². The molecule has 0 aliphatic carbocycles. The first-order valence-electron chi connectivity index (χ1n) is 6.23. The average Bonchev–Trinajstić information content (AvgIpc) is 2.84. The fraction of sp³-hybridized carbons (Fsp3) is 0.286. The number of carbonyl (C=O) groups is 1. The van der Waals surface area contributed by atoms with Crippen LogP contribution in [0.15, 0.2) is 30.6 Å². The van der Waals surface area contributed by atoms with Gasteiger partial charge in [-0.2, -0.15) is 13.2 Å². The van der Waals surface area contributed by atoms with E-state index in [0.29, 0.717) is 18.4 Å². The molecule has 1 aromatic heterocycles. The second kappa shape index (κ2) is 5.67. The molecule has 3 nitrogen and oxygen atoms in total. The lowest BCUT2D eigenvalue weighted by molar-refractivity contribution is -0.140. The number of halogens is 4. The van der Waals surface area contributed by atoms with Crippen LogP contribution in [0.25, 0.3) is 0 Å². The number of hydrogen-bond acceptors (Lipinski definition) is 2. The fourth-order valence-corrected chi connectivity index (χ4v) is 2.00. The van der Waals surface area contributed by atoms with E-state index in [9.17, 15) is 22.4 Å². The molecule has 0 amide bonds. The number of ketones is 1. The van der Waals surface area contributed by atoms with Gasteiger partial charge in [0.05, 0.1) is 17.5 Å². The van der Waals surface area contributed by atoms with Crippen LogP contribution in [-0.4, -0.2) is 15.3 Å². The van der Waals surface area contributed by atoms with E-state index in [1.54, 1.807) is 10.8 Å². The zero-order valence-electron chi connectivity index (χ0n) is 11.1. The number of aryl methyl sites for hydroxylation is 1. The largest absolute Gasteiger partial charge is 0.419 e. The van der Waals surface area contributed by atoms with E-state index >= 15 is 0 Å². The maximum absolute atomic E-state index is 13.9. The Morgan fingerprint density at radius 1 is 1.33 bits per heavy atom. The standard InChI is InChI=1S/C14H12F4N2O/c1-2-20-7-6-19-12(20)8-11(21)9-4-3-5-10(13(9)15)14(16,17)18/h3-7H,2,8H2,1H3. The van der Waals surface area contributed by atoms with Crippen molar-refractivity contribution in [2.24, 2.45) is 0 Å². The molecule has 21 heavy (non-hydrogen) atoms. The van der Waals surface area contributed by atoms with Gasteiger partial charge in [0.15, 0.2) is 5.78 Å². The number of carbonyl (C=O) groups excluding carboxylic acids is 1. The van der Waals surface area contributed by atoms with E-state index < -0.39 is 28.9 Å². The summed E-state index contributed by atoms with van der Waals surface area (Å²) in [5.74, 6) is -1.89. The summed E-state index contributed by atoms with van der Waals surface area (Å²) in [7, 11) is 0. The molecule has 0 saturated carbocycles. The molecule has 0 aliphatic heterocycles. The van der Waals surface area contributed by atoms with Gasteiger partial charge in [0.2, 0.25) is 0 Å². The summed E-state index contributed by atoms with van der Waals surface area (Å²) >= 11 is 0. The molecule has 0 N–H and O–H groups in total. The second-order valence-corrected chi connectivity index (χ2v) is 4.39. The first-order chi connectivity index (χ1) is 9.84. The van der Waals surface area contributed by atoms with E-state index in [1.807, 2.05) is 6.92 Å². The van der Waals surface area contributed by atoms with Gasteiger partial charge >= 0.3 is 6.18 Å². The molecular formula is C14H12F4N2O. The van der Waals surface area contributed by atoms with Gasteiger partial charge < -0.3 is 4.57 Å². The van der Waals surface area contributed by atoms with Crippen molar-refractivity contribution in [3.05, 3.63) is 53.4 Å². The number of Topliss-reactive ketones (excluding diaryl/α,β-unsaturated/α-hetero) is 1. The van der Waals surface area contributed by atoms with Gasteiger partial charge in [0.1, 0.15) is 11.6 Å². The number of benzene rings is 1. The summed E-state index contributed by atoms with van der Waals surface area (Å²) in [6.07, 6.45) is -1.96. The zero-order chi connectivity index (χ0) is 15.6. The smallest absolute Gasteiger partial charge is 0.335 e. The Labute approximate surface area is 118 Å². The van der Waals surface area contributed by atoms with Crippen LogP contribution in [0, 0.1) is 5.82 Å². The lowest BCUT2D eigenvalue weighted by atomic mass is 10.0. The highest BCUT2D eigenvalue weighted by Crippen LogP contribution is 2.32. The monoisotopic (exact) mass is 300 g/mol. The Bertz CT molecular complexity index is 661. The molecular weight excluding hydrogens is 288 g/mol. The van der Waals surface area contributed by atoms with Gasteiger partial charge in [0, 0.05) is 18.9 Å². The Kier molecular flexibility index (Phi) is 4.11. The summed E-state index contributed by atoms with van der Waals surface area (Å²) in [4.78, 5) is 16.0. The normalized spacial score (nSPS) is 11.7. The first kappa shape index (κ1) is 15.2. The van der Waals surface area contributed by atoms with Gasteiger partial charge in [-0.3, -0.25) is 4.79 Å². The van der Waals surface area contributed by atoms with Crippen LogP contribution in [-0.2, 0) is 19.1 Å². The molecule has 0 radical (unpaired) electrons. The molecule has 0 unspecified atom stereocenters. The average molecular weight is 300 g/mol. The molecule has 1 aromatic carbocycles. The molecule has 0 aliphatic rings. The SMILES string of the molecule is CCn1ccnc1CC(=O)c1cccc(C(F)(F)F)c1F. The maximum atomic E-state index is 13.9. The Morgan fingerprint density at radius 2 is 2.05 bits per heavy atom. The van der Waals surface area contributed by atoms with Gasteiger partial charge in [-0.25, -0.2) is 9.37 Å². The maximum Gasteiger partial charge on any atom is 0.419 e. The van der Waals surface area contributed by atoms with Crippen molar-refractivity contribution in [3.8, 4) is 0 Å². The zero-order valence-corrected chi connectivity index (χ0v) is 11.1. The van der Waals surface area contributed by atoms with Crippen molar-refractivity contribution in [2.45, 2.75) is 26.1 Å². The van der Waals surface area contributed by atoms with Crippen LogP contribution in [0.1, 0.15) is 28.7 Å². The Morgan fingerprint density at radius 3 is 2.67 bits per heavy atom. The number of aromatic nitrogens is 2. The molecule has 0 bridgehead atoms. The van der Waals surface area contributed by atoms with Crippen molar-refractivity contribution in [2.75, 3.05) is 0 Å². The van der Waals surface area contributed by atoms with Gasteiger partial charge in [0.25, 0.3) is 0 Å². The number of alkyl halides is 3. The van der Waals surface area contributed by atoms with E-state index in [1.165, 1.54) is 6.20 Å². The van der Waals surface area contributed by atoms with Crippen molar-refractivity contribution in [1.29, 1.82) is 0 Å². The van der Waals surface area contributed by atoms with Crippen LogP contribution in [0.4, 0.5) is 17.6 Å². The third-order valence-electron chi connectivity index (χ3n) is 3.07. The second-order valence-electron chi connectivity index (χ2n) is 4.39. The molecule has 2 aromatic rings.